The van der Waals surface area contributed by atoms with E-state index >= 15 is 0 Å². The second kappa shape index (κ2) is 7.40. The minimum absolute atomic E-state index is 0.0367. The van der Waals surface area contributed by atoms with Crippen LogP contribution in [0, 0.1) is 0 Å². The third-order valence-corrected chi connectivity index (χ3v) is 3.71. The van der Waals surface area contributed by atoms with Gasteiger partial charge in [-0.15, -0.1) is 0 Å². The molecule has 0 aliphatic carbocycles. The summed E-state index contributed by atoms with van der Waals surface area (Å²) in [5.74, 6) is -0.00287. The highest BCUT2D eigenvalue weighted by atomic mass is 16.2. The molecule has 7 heteroatoms. The number of aromatic nitrogens is 2. The highest BCUT2D eigenvalue weighted by Crippen LogP contribution is 2.08. The molecule has 22 heavy (non-hydrogen) atoms. The van der Waals surface area contributed by atoms with Gasteiger partial charge in [0.15, 0.2) is 0 Å². The molecule has 0 bridgehead atoms. The summed E-state index contributed by atoms with van der Waals surface area (Å²) in [6.07, 6.45) is 0.832. The molecular formula is C15H25N5O2. The molecule has 2 heterocycles. The number of aromatic amines is 1. The highest BCUT2D eigenvalue weighted by molar-refractivity contribution is 5.92. The van der Waals surface area contributed by atoms with Gasteiger partial charge in [0.05, 0.1) is 6.54 Å². The molecule has 1 aromatic heterocycles. The van der Waals surface area contributed by atoms with E-state index in [2.05, 4.69) is 20.4 Å². The lowest BCUT2D eigenvalue weighted by atomic mass is 10.2. The van der Waals surface area contributed by atoms with Crippen molar-refractivity contribution in [3.63, 3.8) is 0 Å². The van der Waals surface area contributed by atoms with Crippen LogP contribution in [0.3, 0.4) is 0 Å². The molecule has 0 unspecified atom stereocenters. The third kappa shape index (κ3) is 4.30. The van der Waals surface area contributed by atoms with Crippen molar-refractivity contribution in [1.82, 2.24) is 25.3 Å². The summed E-state index contributed by atoms with van der Waals surface area (Å²) in [4.78, 5) is 28.0. The van der Waals surface area contributed by atoms with E-state index in [-0.39, 0.29) is 17.9 Å². The number of nitrogens with one attached hydrogen (secondary N) is 2. The van der Waals surface area contributed by atoms with Crippen LogP contribution in [0.25, 0.3) is 0 Å². The average molecular weight is 307 g/mol. The zero-order chi connectivity index (χ0) is 16.1. The molecule has 2 rings (SSSR count). The SMILES string of the molecule is CCc1cc(C(=O)N2CCN(CC(=O)NC(C)C)CC2)n[nH]1. The Hall–Kier alpha value is -1.89. The Labute approximate surface area is 131 Å². The summed E-state index contributed by atoms with van der Waals surface area (Å²) >= 11 is 0. The maximum absolute atomic E-state index is 12.3. The van der Waals surface area contributed by atoms with Gasteiger partial charge in [-0.3, -0.25) is 19.6 Å². The van der Waals surface area contributed by atoms with E-state index in [9.17, 15) is 9.59 Å². The lowest BCUT2D eigenvalue weighted by molar-refractivity contribution is -0.123. The van der Waals surface area contributed by atoms with Crippen LogP contribution in [0.1, 0.15) is 37.0 Å². The molecule has 0 aromatic carbocycles. The van der Waals surface area contributed by atoms with Crippen LogP contribution in [0.5, 0.6) is 0 Å². The summed E-state index contributed by atoms with van der Waals surface area (Å²) in [5.41, 5.74) is 1.44. The number of hydrogen-bond donors (Lipinski definition) is 2. The van der Waals surface area contributed by atoms with Crippen LogP contribution in [0.4, 0.5) is 0 Å². The van der Waals surface area contributed by atoms with Gasteiger partial charge >= 0.3 is 0 Å². The van der Waals surface area contributed by atoms with E-state index in [1.807, 2.05) is 26.8 Å². The third-order valence-electron chi connectivity index (χ3n) is 3.71. The molecule has 1 fully saturated rings. The van der Waals surface area contributed by atoms with Gasteiger partial charge in [0, 0.05) is 37.9 Å². The largest absolute Gasteiger partial charge is 0.353 e. The van der Waals surface area contributed by atoms with Gasteiger partial charge in [0.25, 0.3) is 5.91 Å². The topological polar surface area (TPSA) is 81.3 Å². The molecule has 1 aliphatic heterocycles. The van der Waals surface area contributed by atoms with Crippen molar-refractivity contribution in [2.75, 3.05) is 32.7 Å². The van der Waals surface area contributed by atoms with Crippen molar-refractivity contribution in [2.24, 2.45) is 0 Å². The van der Waals surface area contributed by atoms with Crippen LogP contribution in [-0.2, 0) is 11.2 Å². The zero-order valence-corrected chi connectivity index (χ0v) is 13.6. The summed E-state index contributed by atoms with van der Waals surface area (Å²) in [6, 6.07) is 1.97. The van der Waals surface area contributed by atoms with Crippen LogP contribution in [0.15, 0.2) is 6.07 Å². The fraction of sp³-hybridized carbons (Fsp3) is 0.667. The fourth-order valence-corrected chi connectivity index (χ4v) is 2.49. The zero-order valence-electron chi connectivity index (χ0n) is 13.6. The predicted octanol–water partition coefficient (Wildman–Crippen LogP) is 0.255. The Balaban J connectivity index is 1.81. The average Bonchev–Trinajstić information content (AvgIpc) is 2.95. The van der Waals surface area contributed by atoms with Crippen molar-refractivity contribution < 1.29 is 9.59 Å². The van der Waals surface area contributed by atoms with Gasteiger partial charge in [0.1, 0.15) is 5.69 Å². The monoisotopic (exact) mass is 307 g/mol. The quantitative estimate of drug-likeness (QED) is 0.817. The molecule has 2 N–H and O–H groups in total. The number of nitrogens with zero attached hydrogens (tertiary/aromatic N) is 3. The maximum Gasteiger partial charge on any atom is 0.274 e. The van der Waals surface area contributed by atoms with Gasteiger partial charge in [-0.25, -0.2) is 0 Å². The number of carbonyl (C=O) groups is 2. The standard InChI is InChI=1S/C15H25N5O2/c1-4-12-9-13(18-17-12)15(22)20-7-5-19(6-8-20)10-14(21)16-11(2)3/h9,11H,4-8,10H2,1-3H3,(H,16,21)(H,17,18). The fourth-order valence-electron chi connectivity index (χ4n) is 2.49. The van der Waals surface area contributed by atoms with Crippen LogP contribution < -0.4 is 5.32 Å². The second-order valence-corrected chi connectivity index (χ2v) is 5.92. The number of aryl methyl sites for hydroxylation is 1. The van der Waals surface area contributed by atoms with E-state index in [1.54, 1.807) is 4.90 Å². The van der Waals surface area contributed by atoms with E-state index in [0.29, 0.717) is 38.4 Å². The van der Waals surface area contributed by atoms with Gasteiger partial charge in [0.2, 0.25) is 5.91 Å². The van der Waals surface area contributed by atoms with Crippen molar-refractivity contribution in [2.45, 2.75) is 33.2 Å². The smallest absolute Gasteiger partial charge is 0.274 e. The first-order valence-electron chi connectivity index (χ1n) is 7.85. The minimum Gasteiger partial charge on any atom is -0.353 e. The Kier molecular flexibility index (Phi) is 5.54. The van der Waals surface area contributed by atoms with E-state index < -0.39 is 0 Å². The summed E-state index contributed by atoms with van der Waals surface area (Å²) in [5, 5.41) is 9.82. The summed E-state index contributed by atoms with van der Waals surface area (Å²) < 4.78 is 0. The molecule has 1 aromatic rings. The first-order valence-corrected chi connectivity index (χ1v) is 7.85. The maximum atomic E-state index is 12.3. The Morgan fingerprint density at radius 3 is 2.55 bits per heavy atom. The van der Waals surface area contributed by atoms with Crippen LogP contribution >= 0.6 is 0 Å². The molecule has 0 atom stereocenters. The number of hydrogen-bond acceptors (Lipinski definition) is 4. The molecule has 0 spiro atoms. The lowest BCUT2D eigenvalue weighted by Crippen LogP contribution is -2.51. The van der Waals surface area contributed by atoms with Gasteiger partial charge in [-0.1, -0.05) is 6.92 Å². The molecule has 0 radical (unpaired) electrons. The molecular weight excluding hydrogens is 282 g/mol. The number of rotatable bonds is 5. The molecule has 122 valence electrons. The summed E-state index contributed by atoms with van der Waals surface area (Å²) in [7, 11) is 0. The number of amides is 2. The Bertz CT molecular complexity index is 518. The van der Waals surface area contributed by atoms with Crippen molar-refractivity contribution >= 4 is 11.8 Å². The molecule has 7 nitrogen and oxygen atoms in total. The number of H-pyrrole nitrogens is 1. The van der Waals surface area contributed by atoms with Crippen LogP contribution in [-0.4, -0.2) is 70.6 Å². The summed E-state index contributed by atoms with van der Waals surface area (Å²) in [6.45, 7) is 8.98. The van der Waals surface area contributed by atoms with E-state index in [1.165, 1.54) is 0 Å². The highest BCUT2D eigenvalue weighted by Gasteiger charge is 2.24. The van der Waals surface area contributed by atoms with Gasteiger partial charge < -0.3 is 10.2 Å². The first-order chi connectivity index (χ1) is 10.5. The van der Waals surface area contributed by atoms with Crippen LogP contribution in [0.2, 0.25) is 0 Å². The molecule has 1 saturated heterocycles. The lowest BCUT2D eigenvalue weighted by Gasteiger charge is -2.34. The Morgan fingerprint density at radius 2 is 2.00 bits per heavy atom. The predicted molar refractivity (Wildman–Crippen MR) is 83.6 cm³/mol. The first kappa shape index (κ1) is 16.5. The van der Waals surface area contributed by atoms with Crippen molar-refractivity contribution in [3.05, 3.63) is 17.5 Å². The van der Waals surface area contributed by atoms with Crippen molar-refractivity contribution in [3.8, 4) is 0 Å². The van der Waals surface area contributed by atoms with Crippen molar-refractivity contribution in [1.29, 1.82) is 0 Å². The molecule has 0 saturated carbocycles. The Morgan fingerprint density at radius 1 is 1.32 bits per heavy atom. The molecule has 1 aliphatic rings. The number of carbonyl (C=O) groups excluding carboxylic acids is 2. The normalized spacial score (nSPS) is 16.1. The van der Waals surface area contributed by atoms with E-state index in [0.717, 1.165) is 12.1 Å². The van der Waals surface area contributed by atoms with E-state index in [4.69, 9.17) is 0 Å². The van der Waals surface area contributed by atoms with Gasteiger partial charge in [-0.05, 0) is 26.3 Å². The number of piperazine rings is 1. The minimum atomic E-state index is -0.0396. The molecule has 2 amide bonds. The van der Waals surface area contributed by atoms with Gasteiger partial charge in [-0.2, -0.15) is 5.10 Å². The second-order valence-electron chi connectivity index (χ2n) is 5.92.